The van der Waals surface area contributed by atoms with E-state index in [2.05, 4.69) is 19.7 Å². The third-order valence-corrected chi connectivity index (χ3v) is 5.62. The number of rotatable bonds is 7. The third-order valence-electron chi connectivity index (χ3n) is 4.02. The number of sulfonamides is 1. The Labute approximate surface area is 174 Å². The van der Waals surface area contributed by atoms with Crippen molar-refractivity contribution in [2.75, 3.05) is 18.9 Å². The first-order valence-electron chi connectivity index (χ1n) is 8.27. The second-order valence-corrected chi connectivity index (χ2v) is 8.00. The van der Waals surface area contributed by atoms with E-state index in [1.54, 1.807) is 0 Å². The average molecular weight is 461 g/mol. The van der Waals surface area contributed by atoms with Crippen LogP contribution in [-0.4, -0.2) is 44.0 Å². The molecule has 0 saturated carbocycles. The van der Waals surface area contributed by atoms with Gasteiger partial charge in [0.05, 0.1) is 19.8 Å². The Hall–Kier alpha value is -2.99. The molecule has 0 amide bonds. The molecule has 0 aliphatic rings. The van der Waals surface area contributed by atoms with Crippen LogP contribution in [0.1, 0.15) is 5.56 Å². The molecule has 3 aromatic rings. The van der Waals surface area contributed by atoms with Gasteiger partial charge in [-0.15, -0.1) is 0 Å². The van der Waals surface area contributed by atoms with Gasteiger partial charge in [0.15, 0.2) is 0 Å². The van der Waals surface area contributed by atoms with Gasteiger partial charge in [0.2, 0.25) is 24.1 Å². The van der Waals surface area contributed by atoms with Crippen molar-refractivity contribution >= 4 is 38.3 Å². The fraction of sp³-hybridized carbons (Fsp3) is 0.235. The molecule has 0 aliphatic heterocycles. The quantitative estimate of drug-likeness (QED) is 0.555. The summed E-state index contributed by atoms with van der Waals surface area (Å²) >= 11 is 5.89. The zero-order chi connectivity index (χ0) is 22.1. The number of benzene rings is 1. The zero-order valence-electron chi connectivity index (χ0n) is 15.6. The summed E-state index contributed by atoms with van der Waals surface area (Å²) in [5.41, 5.74) is -0.635. The minimum atomic E-state index is -4.30. The molecule has 9 nitrogen and oxygen atoms in total. The summed E-state index contributed by atoms with van der Waals surface area (Å²) in [6.07, 6.45) is -2.45. The summed E-state index contributed by atoms with van der Waals surface area (Å²) in [7, 11) is -1.93. The minimum absolute atomic E-state index is 0.0636. The molecule has 3 rings (SSSR count). The Morgan fingerprint density at radius 3 is 2.37 bits per heavy atom. The molecule has 0 spiro atoms. The largest absolute Gasteiger partial charge is 0.481 e. The fourth-order valence-electron chi connectivity index (χ4n) is 2.76. The molecule has 0 fully saturated rings. The maximum Gasteiger partial charge on any atom is 0.266 e. The van der Waals surface area contributed by atoms with Crippen molar-refractivity contribution in [2.24, 2.45) is 0 Å². The Balaban J connectivity index is 2.09. The highest BCUT2D eigenvalue weighted by Gasteiger charge is 2.24. The standard InChI is InChI=1S/C17H15ClF2N4O5S/c1-28-15-11(6-13(19)20)16(29-2)23-17(22-15)24-30(26,27)12-7-21-14(25)10-5-8(18)3-4-9(10)12/h3-5,7,13H,6H2,1-2H3,(H,21,25)(H,22,23,24). The molecule has 0 aliphatic carbocycles. The number of halogens is 3. The van der Waals surface area contributed by atoms with Crippen LogP contribution >= 0.6 is 11.6 Å². The van der Waals surface area contributed by atoms with Crippen molar-refractivity contribution < 1.29 is 26.7 Å². The molecule has 2 heterocycles. The molecule has 160 valence electrons. The summed E-state index contributed by atoms with van der Waals surface area (Å²) in [6, 6.07) is 4.15. The third kappa shape index (κ3) is 4.28. The lowest BCUT2D eigenvalue weighted by molar-refractivity contribution is 0.146. The zero-order valence-corrected chi connectivity index (χ0v) is 17.1. The molecular formula is C17H15ClF2N4O5S. The Morgan fingerprint density at radius 2 is 1.80 bits per heavy atom. The summed E-state index contributed by atoms with van der Waals surface area (Å²) in [6.45, 7) is 0. The van der Waals surface area contributed by atoms with Gasteiger partial charge in [0.25, 0.3) is 15.6 Å². The lowest BCUT2D eigenvalue weighted by Crippen LogP contribution is -2.19. The number of aromatic amines is 1. The van der Waals surface area contributed by atoms with Gasteiger partial charge in [0.1, 0.15) is 4.90 Å². The maximum absolute atomic E-state index is 12.9. The van der Waals surface area contributed by atoms with E-state index in [9.17, 15) is 22.0 Å². The topological polar surface area (TPSA) is 123 Å². The Bertz CT molecular complexity index is 1240. The molecule has 1 aromatic carbocycles. The molecule has 0 atom stereocenters. The van der Waals surface area contributed by atoms with Gasteiger partial charge in [0, 0.05) is 28.4 Å². The van der Waals surface area contributed by atoms with E-state index in [1.165, 1.54) is 32.4 Å². The van der Waals surface area contributed by atoms with Crippen molar-refractivity contribution in [2.45, 2.75) is 17.7 Å². The average Bonchev–Trinajstić information content (AvgIpc) is 2.68. The normalized spacial score (nSPS) is 11.7. The predicted molar refractivity (Wildman–Crippen MR) is 105 cm³/mol. The number of ether oxygens (including phenoxy) is 2. The predicted octanol–water partition coefficient (Wildman–Crippen LogP) is 2.60. The Morgan fingerprint density at radius 1 is 1.17 bits per heavy atom. The second-order valence-electron chi connectivity index (χ2n) is 5.92. The summed E-state index contributed by atoms with van der Waals surface area (Å²) in [5, 5.41) is 0.431. The summed E-state index contributed by atoms with van der Waals surface area (Å²) in [4.78, 5) is 21.8. The maximum atomic E-state index is 12.9. The number of nitrogens with one attached hydrogen (secondary N) is 2. The smallest absolute Gasteiger partial charge is 0.266 e. The van der Waals surface area contributed by atoms with E-state index in [0.29, 0.717) is 0 Å². The molecule has 0 unspecified atom stereocenters. The number of nitrogens with zero attached hydrogens (tertiary/aromatic N) is 2. The first kappa shape index (κ1) is 21.7. The van der Waals surface area contributed by atoms with Crippen LogP contribution in [0.25, 0.3) is 10.8 Å². The molecular weight excluding hydrogens is 446 g/mol. The highest BCUT2D eigenvalue weighted by molar-refractivity contribution is 7.93. The molecule has 30 heavy (non-hydrogen) atoms. The fourth-order valence-corrected chi connectivity index (χ4v) is 4.05. The SMILES string of the molecule is COc1nc(NS(=O)(=O)c2c[nH]c(=O)c3cc(Cl)ccc23)nc(OC)c1CC(F)F. The highest BCUT2D eigenvalue weighted by Crippen LogP contribution is 2.30. The number of hydrogen-bond donors (Lipinski definition) is 2. The van der Waals surface area contributed by atoms with Crippen LogP contribution in [0.15, 0.2) is 34.1 Å². The van der Waals surface area contributed by atoms with Crippen LogP contribution in [0, 0.1) is 0 Å². The van der Waals surface area contributed by atoms with Crippen LogP contribution in [0.4, 0.5) is 14.7 Å². The number of pyridine rings is 1. The van der Waals surface area contributed by atoms with Crippen LogP contribution in [-0.2, 0) is 16.4 Å². The van der Waals surface area contributed by atoms with Gasteiger partial charge in [-0.3, -0.25) is 4.79 Å². The molecule has 0 radical (unpaired) electrons. The number of H-pyrrole nitrogens is 1. The van der Waals surface area contributed by atoms with Crippen molar-refractivity contribution in [3.05, 3.63) is 45.3 Å². The highest BCUT2D eigenvalue weighted by atomic mass is 35.5. The molecule has 13 heteroatoms. The summed E-state index contributed by atoms with van der Waals surface area (Å²) in [5.74, 6) is -0.994. The molecule has 2 N–H and O–H groups in total. The number of anilines is 1. The van der Waals surface area contributed by atoms with E-state index in [0.717, 1.165) is 6.20 Å². The number of hydrogen-bond acceptors (Lipinski definition) is 7. The Kier molecular flexibility index (Phi) is 6.08. The van der Waals surface area contributed by atoms with Gasteiger partial charge in [-0.05, 0) is 12.1 Å². The van der Waals surface area contributed by atoms with Crippen LogP contribution in [0.5, 0.6) is 11.8 Å². The monoisotopic (exact) mass is 460 g/mol. The molecule has 2 aromatic heterocycles. The van der Waals surface area contributed by atoms with Crippen molar-refractivity contribution in [1.82, 2.24) is 15.0 Å². The van der Waals surface area contributed by atoms with Crippen molar-refractivity contribution in [3.63, 3.8) is 0 Å². The minimum Gasteiger partial charge on any atom is -0.481 e. The van der Waals surface area contributed by atoms with Gasteiger partial charge in [-0.2, -0.15) is 9.97 Å². The van der Waals surface area contributed by atoms with E-state index >= 15 is 0 Å². The number of aromatic nitrogens is 3. The lowest BCUT2D eigenvalue weighted by atomic mass is 10.2. The number of fused-ring (bicyclic) bond motifs is 1. The number of methoxy groups -OCH3 is 2. The van der Waals surface area contributed by atoms with Crippen molar-refractivity contribution in [3.8, 4) is 11.8 Å². The van der Waals surface area contributed by atoms with Gasteiger partial charge in [-0.1, -0.05) is 17.7 Å². The van der Waals surface area contributed by atoms with E-state index in [4.69, 9.17) is 21.1 Å². The lowest BCUT2D eigenvalue weighted by Gasteiger charge is -2.14. The first-order chi connectivity index (χ1) is 14.2. The van der Waals surface area contributed by atoms with E-state index in [-0.39, 0.29) is 38.0 Å². The number of alkyl halides is 2. The van der Waals surface area contributed by atoms with Crippen LogP contribution in [0.3, 0.4) is 0 Å². The van der Waals surface area contributed by atoms with Gasteiger partial charge in [-0.25, -0.2) is 21.9 Å². The summed E-state index contributed by atoms with van der Waals surface area (Å²) < 4.78 is 63.6. The van der Waals surface area contributed by atoms with Crippen molar-refractivity contribution in [1.29, 1.82) is 0 Å². The second kappa shape index (κ2) is 8.40. The van der Waals surface area contributed by atoms with Gasteiger partial charge < -0.3 is 14.5 Å². The molecule has 0 saturated heterocycles. The van der Waals surface area contributed by atoms with Gasteiger partial charge >= 0.3 is 0 Å². The van der Waals surface area contributed by atoms with E-state index in [1.807, 2.05) is 0 Å². The first-order valence-corrected chi connectivity index (χ1v) is 10.1. The molecule has 0 bridgehead atoms. The van der Waals surface area contributed by atoms with E-state index < -0.39 is 34.4 Å². The van der Waals surface area contributed by atoms with Crippen LogP contribution < -0.4 is 19.8 Å². The van der Waals surface area contributed by atoms with Crippen LogP contribution in [0.2, 0.25) is 5.02 Å².